The number of aromatic nitrogens is 3. The third-order valence-corrected chi connectivity index (χ3v) is 7.36. The van der Waals surface area contributed by atoms with Gasteiger partial charge in [-0.05, 0) is 57.4 Å². The fraction of sp³-hybridized carbons (Fsp3) is 0.167. The number of rotatable bonds is 7. The standard InChI is InChI=1S/C30H26BrN5O2/c1-34(2)15-8-16-36-25-14-6-4-12-22(25)28(33-36)27-26(29(37)32-30(27)38)23-18-35(20-10-7-9-19(31)17-20)24-13-5-3-11-21(23)24/h3-7,9-14,17-18H,8,15-16H2,1-2H3,(H,32,37,38). The zero-order valence-corrected chi connectivity index (χ0v) is 22.7. The Hall–Kier alpha value is -4.01. The SMILES string of the molecule is CN(C)CCCn1nc(C2=C(c3cn(-c4cccc(Br)c4)c4ccccc34)C(=O)NC2=O)c2ccccc21. The van der Waals surface area contributed by atoms with Gasteiger partial charge < -0.3 is 9.47 Å². The first kappa shape index (κ1) is 24.3. The van der Waals surface area contributed by atoms with Crippen molar-refractivity contribution in [2.75, 3.05) is 20.6 Å². The molecule has 0 spiro atoms. The monoisotopic (exact) mass is 567 g/mol. The predicted molar refractivity (Wildman–Crippen MR) is 154 cm³/mol. The van der Waals surface area contributed by atoms with Gasteiger partial charge in [-0.2, -0.15) is 5.10 Å². The van der Waals surface area contributed by atoms with Crippen LogP contribution in [0.25, 0.3) is 38.6 Å². The molecule has 0 saturated carbocycles. The van der Waals surface area contributed by atoms with Crippen LogP contribution in [0.4, 0.5) is 0 Å². The fourth-order valence-corrected chi connectivity index (χ4v) is 5.56. The van der Waals surface area contributed by atoms with Gasteiger partial charge in [0.1, 0.15) is 5.69 Å². The average Bonchev–Trinajstić information content (AvgIpc) is 3.54. The van der Waals surface area contributed by atoms with Crippen LogP contribution in [0.2, 0.25) is 0 Å². The van der Waals surface area contributed by atoms with E-state index < -0.39 is 11.8 Å². The van der Waals surface area contributed by atoms with Crippen molar-refractivity contribution in [1.82, 2.24) is 24.6 Å². The number of carbonyl (C=O) groups excluding carboxylic acids is 2. The first-order chi connectivity index (χ1) is 18.4. The van der Waals surface area contributed by atoms with Gasteiger partial charge in [0.25, 0.3) is 11.8 Å². The van der Waals surface area contributed by atoms with Gasteiger partial charge in [0.2, 0.25) is 0 Å². The maximum Gasteiger partial charge on any atom is 0.261 e. The molecule has 0 fully saturated rings. The first-order valence-corrected chi connectivity index (χ1v) is 13.3. The van der Waals surface area contributed by atoms with Crippen LogP contribution in [-0.2, 0) is 16.1 Å². The second-order valence-electron chi connectivity index (χ2n) is 9.69. The second kappa shape index (κ2) is 9.70. The highest BCUT2D eigenvalue weighted by Gasteiger charge is 2.36. The number of benzene rings is 3. The molecule has 1 N–H and O–H groups in total. The number of carbonyl (C=O) groups is 2. The van der Waals surface area contributed by atoms with Gasteiger partial charge in [0.05, 0.1) is 22.2 Å². The van der Waals surface area contributed by atoms with Crippen LogP contribution in [0.3, 0.4) is 0 Å². The van der Waals surface area contributed by atoms with Gasteiger partial charge in [-0.1, -0.05) is 58.4 Å². The molecule has 2 aromatic heterocycles. The summed E-state index contributed by atoms with van der Waals surface area (Å²) in [5.41, 5.74) is 4.73. The van der Waals surface area contributed by atoms with E-state index in [-0.39, 0.29) is 0 Å². The lowest BCUT2D eigenvalue weighted by Crippen LogP contribution is -2.22. The molecule has 3 heterocycles. The average molecular weight is 568 g/mol. The van der Waals surface area contributed by atoms with Crippen LogP contribution < -0.4 is 5.32 Å². The van der Waals surface area contributed by atoms with Gasteiger partial charge in [0, 0.05) is 39.2 Å². The molecule has 5 aromatic rings. The molecule has 1 aliphatic rings. The Balaban J connectivity index is 1.57. The maximum atomic E-state index is 13.4. The van der Waals surface area contributed by atoms with Crippen molar-refractivity contribution in [1.29, 1.82) is 0 Å². The molecule has 0 aliphatic carbocycles. The van der Waals surface area contributed by atoms with Gasteiger partial charge >= 0.3 is 0 Å². The number of fused-ring (bicyclic) bond motifs is 2. The van der Waals surface area contributed by atoms with E-state index in [0.717, 1.165) is 44.9 Å². The van der Waals surface area contributed by atoms with Crippen LogP contribution in [0.5, 0.6) is 0 Å². The molecule has 8 heteroatoms. The highest BCUT2D eigenvalue weighted by Crippen LogP contribution is 2.38. The highest BCUT2D eigenvalue weighted by molar-refractivity contribution is 9.10. The van der Waals surface area contributed by atoms with Gasteiger partial charge in [-0.25, -0.2) is 0 Å². The smallest absolute Gasteiger partial charge is 0.261 e. The quantitative estimate of drug-likeness (QED) is 0.272. The van der Waals surface area contributed by atoms with E-state index >= 15 is 0 Å². The van der Waals surface area contributed by atoms with E-state index in [0.29, 0.717) is 28.9 Å². The lowest BCUT2D eigenvalue weighted by atomic mass is 9.97. The lowest BCUT2D eigenvalue weighted by Gasteiger charge is -2.09. The summed E-state index contributed by atoms with van der Waals surface area (Å²) in [6.07, 6.45) is 2.85. The highest BCUT2D eigenvalue weighted by atomic mass is 79.9. The predicted octanol–water partition coefficient (Wildman–Crippen LogP) is 5.26. The first-order valence-electron chi connectivity index (χ1n) is 12.5. The molecular formula is C30H26BrN5O2. The Morgan fingerprint density at radius 3 is 2.34 bits per heavy atom. The molecule has 0 bridgehead atoms. The molecule has 190 valence electrons. The number of hydrogen-bond acceptors (Lipinski definition) is 4. The van der Waals surface area contributed by atoms with E-state index in [4.69, 9.17) is 5.10 Å². The molecule has 0 atom stereocenters. The van der Waals surface area contributed by atoms with E-state index in [1.54, 1.807) is 0 Å². The van der Waals surface area contributed by atoms with E-state index in [1.807, 2.05) is 102 Å². The summed E-state index contributed by atoms with van der Waals surface area (Å²) in [6, 6.07) is 23.8. The number of amides is 2. The normalized spacial score (nSPS) is 13.9. The third kappa shape index (κ3) is 4.15. The molecule has 0 saturated heterocycles. The zero-order chi connectivity index (χ0) is 26.4. The Labute approximate surface area is 228 Å². The van der Waals surface area contributed by atoms with Crippen molar-refractivity contribution in [3.63, 3.8) is 0 Å². The van der Waals surface area contributed by atoms with Crippen molar-refractivity contribution in [3.05, 3.63) is 94.7 Å². The van der Waals surface area contributed by atoms with E-state index in [2.05, 4.69) is 26.1 Å². The van der Waals surface area contributed by atoms with Gasteiger partial charge in [0.15, 0.2) is 0 Å². The van der Waals surface area contributed by atoms with Crippen LogP contribution >= 0.6 is 15.9 Å². The Morgan fingerprint density at radius 1 is 0.868 bits per heavy atom. The van der Waals surface area contributed by atoms with E-state index in [9.17, 15) is 9.59 Å². The minimum absolute atomic E-state index is 0.315. The molecule has 38 heavy (non-hydrogen) atoms. The Bertz CT molecular complexity index is 1760. The van der Waals surface area contributed by atoms with Crippen LogP contribution in [0, 0.1) is 0 Å². The topological polar surface area (TPSA) is 72.2 Å². The number of halogens is 1. The summed E-state index contributed by atoms with van der Waals surface area (Å²) in [5, 5.41) is 9.18. The molecule has 1 aliphatic heterocycles. The Morgan fingerprint density at radius 2 is 1.58 bits per heavy atom. The number of aryl methyl sites for hydroxylation is 1. The number of imide groups is 1. The molecule has 0 radical (unpaired) electrons. The van der Waals surface area contributed by atoms with E-state index in [1.165, 1.54) is 0 Å². The number of para-hydroxylation sites is 2. The molecule has 7 nitrogen and oxygen atoms in total. The lowest BCUT2D eigenvalue weighted by molar-refractivity contribution is -0.122. The summed E-state index contributed by atoms with van der Waals surface area (Å²) in [5.74, 6) is -0.832. The maximum absolute atomic E-state index is 13.4. The number of nitrogens with one attached hydrogen (secondary N) is 1. The minimum Gasteiger partial charge on any atom is -0.316 e. The summed E-state index contributed by atoms with van der Waals surface area (Å²) in [6.45, 7) is 1.63. The molecule has 0 unspecified atom stereocenters. The largest absolute Gasteiger partial charge is 0.316 e. The second-order valence-corrected chi connectivity index (χ2v) is 10.6. The summed E-state index contributed by atoms with van der Waals surface area (Å²) in [7, 11) is 4.09. The molecule has 3 aromatic carbocycles. The summed E-state index contributed by atoms with van der Waals surface area (Å²) < 4.78 is 4.95. The van der Waals surface area contributed by atoms with Crippen molar-refractivity contribution < 1.29 is 9.59 Å². The van der Waals surface area contributed by atoms with Crippen LogP contribution in [0.1, 0.15) is 17.7 Å². The van der Waals surface area contributed by atoms with Gasteiger partial charge in [-0.3, -0.25) is 19.6 Å². The van der Waals surface area contributed by atoms with Crippen molar-refractivity contribution >= 4 is 60.7 Å². The van der Waals surface area contributed by atoms with Crippen molar-refractivity contribution in [2.45, 2.75) is 13.0 Å². The van der Waals surface area contributed by atoms with Crippen LogP contribution in [-0.4, -0.2) is 51.7 Å². The van der Waals surface area contributed by atoms with Crippen LogP contribution in [0.15, 0.2) is 83.5 Å². The number of nitrogens with zero attached hydrogens (tertiary/aromatic N) is 4. The fourth-order valence-electron chi connectivity index (χ4n) is 5.18. The summed E-state index contributed by atoms with van der Waals surface area (Å²) in [4.78, 5) is 28.8. The zero-order valence-electron chi connectivity index (χ0n) is 21.1. The number of hydrogen-bond donors (Lipinski definition) is 1. The third-order valence-electron chi connectivity index (χ3n) is 6.87. The summed E-state index contributed by atoms with van der Waals surface area (Å²) >= 11 is 3.56. The molecule has 6 rings (SSSR count). The molecule has 2 amide bonds. The Kier molecular flexibility index (Phi) is 6.21. The van der Waals surface area contributed by atoms with Gasteiger partial charge in [-0.15, -0.1) is 0 Å². The van der Waals surface area contributed by atoms with Crippen molar-refractivity contribution in [3.8, 4) is 5.69 Å². The molecular weight excluding hydrogens is 542 g/mol. The minimum atomic E-state index is -0.423. The van der Waals surface area contributed by atoms with Crippen molar-refractivity contribution in [2.24, 2.45) is 0 Å².